The molecule has 8 nitrogen and oxygen atoms in total. The molecule has 3 heterocycles. The van der Waals surface area contributed by atoms with Gasteiger partial charge < -0.3 is 5.11 Å². The van der Waals surface area contributed by atoms with E-state index in [2.05, 4.69) is 16.2 Å². The smallest absolute Gasteiger partial charge is 0.275 e. The van der Waals surface area contributed by atoms with E-state index in [1.165, 1.54) is 15.2 Å². The monoisotopic (exact) mass is 459 g/mol. The summed E-state index contributed by atoms with van der Waals surface area (Å²) in [4.78, 5) is 30.9. The second-order valence-corrected chi connectivity index (χ2v) is 8.25. The Morgan fingerprint density at radius 2 is 1.77 bits per heavy atom. The molecule has 168 valence electrons. The van der Waals surface area contributed by atoms with Gasteiger partial charge in [0.25, 0.3) is 11.1 Å². The van der Waals surface area contributed by atoms with Gasteiger partial charge in [-0.3, -0.25) is 19.1 Å². The molecule has 3 aromatic carbocycles. The first-order chi connectivity index (χ1) is 17.0. The average Bonchev–Trinajstić information content (AvgIpc) is 3.39. The van der Waals surface area contributed by atoms with Gasteiger partial charge in [-0.25, -0.2) is 9.67 Å². The van der Waals surface area contributed by atoms with Gasteiger partial charge in [0.05, 0.1) is 22.3 Å². The Kier molecular flexibility index (Phi) is 4.34. The second kappa shape index (κ2) is 7.43. The maximum absolute atomic E-state index is 13.6. The molecule has 2 N–H and O–H groups in total. The third kappa shape index (κ3) is 2.89. The topological polar surface area (TPSA) is 116 Å². The number of nitrogens with zero attached hydrogens (tertiary/aromatic N) is 4. The van der Waals surface area contributed by atoms with Crippen LogP contribution in [-0.4, -0.2) is 24.3 Å². The molecule has 3 aromatic heterocycles. The van der Waals surface area contributed by atoms with E-state index in [0.717, 1.165) is 10.8 Å². The van der Waals surface area contributed by atoms with Crippen LogP contribution in [-0.2, 0) is 0 Å². The standard InChI is InChI=1S/C27H17N5O3/c1-15-18(26(34)31-23-11-5-4-10-21(23)29-24(31)20(15)14-28)13-19-25(33)30-32(27(19)35)22-12-6-8-16-7-2-3-9-17(16)22/h2-13,35H,1H3,(H,30,33)/b18-13+. The van der Waals surface area contributed by atoms with Gasteiger partial charge in [-0.15, -0.1) is 0 Å². The van der Waals surface area contributed by atoms with E-state index < -0.39 is 11.1 Å². The van der Waals surface area contributed by atoms with Crippen LogP contribution in [0.5, 0.6) is 5.88 Å². The molecule has 0 unspecified atom stereocenters. The van der Waals surface area contributed by atoms with Crippen molar-refractivity contribution in [3.63, 3.8) is 0 Å². The van der Waals surface area contributed by atoms with Gasteiger partial charge >= 0.3 is 0 Å². The van der Waals surface area contributed by atoms with Crippen molar-refractivity contribution in [1.82, 2.24) is 19.2 Å². The number of aromatic amines is 1. The lowest BCUT2D eigenvalue weighted by molar-refractivity contribution is 0.433. The number of hydrogen-bond donors (Lipinski definition) is 2. The average molecular weight is 459 g/mol. The summed E-state index contributed by atoms with van der Waals surface area (Å²) < 4.78 is 2.67. The van der Waals surface area contributed by atoms with Gasteiger partial charge in [0, 0.05) is 10.6 Å². The van der Waals surface area contributed by atoms with Gasteiger partial charge in [0.1, 0.15) is 11.6 Å². The van der Waals surface area contributed by atoms with E-state index >= 15 is 0 Å². The lowest BCUT2D eigenvalue weighted by Crippen LogP contribution is -2.34. The molecule has 35 heavy (non-hydrogen) atoms. The summed E-state index contributed by atoms with van der Waals surface area (Å²) in [6.45, 7) is 1.64. The molecule has 0 spiro atoms. The number of benzene rings is 3. The fraction of sp³-hybridized carbons (Fsp3) is 0.0370. The van der Waals surface area contributed by atoms with Crippen LogP contribution in [0.2, 0.25) is 0 Å². The Morgan fingerprint density at radius 3 is 2.60 bits per heavy atom. The van der Waals surface area contributed by atoms with E-state index in [4.69, 9.17) is 0 Å². The maximum Gasteiger partial charge on any atom is 0.275 e. The Morgan fingerprint density at radius 1 is 1.03 bits per heavy atom. The van der Waals surface area contributed by atoms with Gasteiger partial charge in [0.15, 0.2) is 5.65 Å². The lowest BCUT2D eigenvalue weighted by Gasteiger charge is -2.08. The number of para-hydroxylation sites is 2. The van der Waals surface area contributed by atoms with Gasteiger partial charge in [-0.05, 0) is 42.1 Å². The predicted molar refractivity (Wildman–Crippen MR) is 133 cm³/mol. The van der Waals surface area contributed by atoms with Crippen LogP contribution in [0, 0.1) is 18.3 Å². The van der Waals surface area contributed by atoms with Gasteiger partial charge in [-0.2, -0.15) is 5.26 Å². The largest absolute Gasteiger partial charge is 0.493 e. The van der Waals surface area contributed by atoms with Crippen molar-refractivity contribution in [2.24, 2.45) is 0 Å². The van der Waals surface area contributed by atoms with Crippen LogP contribution in [0.1, 0.15) is 16.7 Å². The number of fused-ring (bicyclic) bond motifs is 4. The Bertz CT molecular complexity index is 2030. The van der Waals surface area contributed by atoms with Gasteiger partial charge in [0.2, 0.25) is 5.88 Å². The number of nitrogens with one attached hydrogen (secondary N) is 1. The molecule has 0 aliphatic rings. The predicted octanol–water partition coefficient (Wildman–Crippen LogP) is 2.91. The van der Waals surface area contributed by atoms with Crippen molar-refractivity contribution >= 4 is 33.5 Å². The van der Waals surface area contributed by atoms with E-state index in [1.807, 2.05) is 36.4 Å². The molecule has 0 atom stereocenters. The van der Waals surface area contributed by atoms with Crippen molar-refractivity contribution in [2.45, 2.75) is 6.92 Å². The van der Waals surface area contributed by atoms with E-state index in [9.17, 15) is 20.0 Å². The third-order valence-electron chi connectivity index (χ3n) is 6.32. The van der Waals surface area contributed by atoms with Crippen LogP contribution in [0.15, 0.2) is 76.3 Å². The molecule has 0 aliphatic heterocycles. The fourth-order valence-electron chi connectivity index (χ4n) is 4.58. The zero-order chi connectivity index (χ0) is 24.3. The van der Waals surface area contributed by atoms with E-state index in [-0.39, 0.29) is 27.9 Å². The first-order valence-corrected chi connectivity index (χ1v) is 10.9. The van der Waals surface area contributed by atoms with Crippen LogP contribution in [0.3, 0.4) is 0 Å². The highest BCUT2D eigenvalue weighted by Gasteiger charge is 2.19. The zero-order valence-corrected chi connectivity index (χ0v) is 18.5. The van der Waals surface area contributed by atoms with Crippen LogP contribution in [0.25, 0.3) is 39.2 Å². The molecule has 6 rings (SSSR count). The minimum atomic E-state index is -0.566. The molecule has 6 aromatic rings. The molecule has 0 bridgehead atoms. The van der Waals surface area contributed by atoms with Crippen LogP contribution < -0.4 is 16.3 Å². The molecular weight excluding hydrogens is 442 g/mol. The Hall–Kier alpha value is -5.16. The fourth-order valence-corrected chi connectivity index (χ4v) is 4.58. The highest BCUT2D eigenvalue weighted by molar-refractivity contribution is 5.90. The normalized spacial score (nSPS) is 12.1. The summed E-state index contributed by atoms with van der Waals surface area (Å²) in [5.41, 5.74) is 1.54. The molecule has 0 radical (unpaired) electrons. The summed E-state index contributed by atoms with van der Waals surface area (Å²) in [7, 11) is 0. The number of hydrogen-bond acceptors (Lipinski definition) is 5. The first kappa shape index (κ1) is 20.4. The third-order valence-corrected chi connectivity index (χ3v) is 6.32. The number of aromatic nitrogens is 4. The molecule has 0 saturated carbocycles. The number of H-pyrrole nitrogens is 1. The number of pyridine rings is 1. The van der Waals surface area contributed by atoms with Crippen molar-refractivity contribution in [2.75, 3.05) is 0 Å². The van der Waals surface area contributed by atoms with Crippen molar-refractivity contribution in [1.29, 1.82) is 5.26 Å². The molecular formula is C27H17N5O3. The van der Waals surface area contributed by atoms with E-state index in [0.29, 0.717) is 22.3 Å². The van der Waals surface area contributed by atoms with Crippen LogP contribution in [0.4, 0.5) is 0 Å². The number of aromatic hydroxyl groups is 1. The summed E-state index contributed by atoms with van der Waals surface area (Å²) in [5.74, 6) is -0.334. The first-order valence-electron chi connectivity index (χ1n) is 10.9. The molecule has 0 fully saturated rings. The van der Waals surface area contributed by atoms with Crippen molar-refractivity contribution in [3.05, 3.63) is 109 Å². The molecule has 8 heteroatoms. The SMILES string of the molecule is Cc1c(C#N)c2nc3ccccc3n2c(=O)/c1=C/c1c(O)n(-c2cccc3ccccc23)[nH]c1=O. The maximum atomic E-state index is 13.6. The Labute approximate surface area is 197 Å². The van der Waals surface area contributed by atoms with Crippen LogP contribution >= 0.6 is 0 Å². The quantitative estimate of drug-likeness (QED) is 0.413. The lowest BCUT2D eigenvalue weighted by atomic mass is 10.1. The summed E-state index contributed by atoms with van der Waals surface area (Å²) in [6, 6.07) is 22.4. The summed E-state index contributed by atoms with van der Waals surface area (Å²) >= 11 is 0. The minimum absolute atomic E-state index is 0.0780. The minimum Gasteiger partial charge on any atom is -0.493 e. The highest BCUT2D eigenvalue weighted by atomic mass is 16.3. The second-order valence-electron chi connectivity index (χ2n) is 8.25. The zero-order valence-electron chi connectivity index (χ0n) is 18.5. The number of nitriles is 1. The molecule has 0 aliphatic carbocycles. The van der Waals surface area contributed by atoms with Gasteiger partial charge in [-0.1, -0.05) is 48.5 Å². The van der Waals surface area contributed by atoms with Crippen molar-refractivity contribution < 1.29 is 5.11 Å². The van der Waals surface area contributed by atoms with E-state index in [1.54, 1.807) is 37.3 Å². The molecule has 0 saturated heterocycles. The van der Waals surface area contributed by atoms with Crippen molar-refractivity contribution in [3.8, 4) is 17.6 Å². The Balaban J connectivity index is 1.68. The highest BCUT2D eigenvalue weighted by Crippen LogP contribution is 2.26. The number of rotatable bonds is 2. The molecule has 0 amide bonds. The number of imidazole rings is 1. The summed E-state index contributed by atoms with van der Waals surface area (Å²) in [6.07, 6.45) is 1.34. The summed E-state index contributed by atoms with van der Waals surface area (Å²) in [5, 5.41) is 25.5.